The van der Waals surface area contributed by atoms with Gasteiger partial charge in [-0.1, -0.05) is 17.7 Å². The third-order valence-corrected chi connectivity index (χ3v) is 4.00. The Hall–Kier alpha value is -1.44. The summed E-state index contributed by atoms with van der Waals surface area (Å²) in [5.74, 6) is 0.473. The van der Waals surface area contributed by atoms with Gasteiger partial charge < -0.3 is 4.74 Å². The topological polar surface area (TPSA) is 69.4 Å². The number of carbonyl (C=O) groups excluding carboxylic acids is 1. The number of nitro benzene ring substituents is 1. The molecule has 21 heavy (non-hydrogen) atoms. The minimum absolute atomic E-state index is 0.101. The normalized spacial score (nSPS) is 10.2. The summed E-state index contributed by atoms with van der Waals surface area (Å²) in [5, 5.41) is 11.0. The third kappa shape index (κ3) is 3.42. The Bertz CT molecular complexity index is 713. The van der Waals surface area contributed by atoms with Gasteiger partial charge in [-0.25, -0.2) is 0 Å². The second-order valence-corrected chi connectivity index (χ2v) is 5.99. The molecule has 0 saturated heterocycles. The highest BCUT2D eigenvalue weighted by atomic mass is 79.9. The van der Waals surface area contributed by atoms with Crippen LogP contribution in [0.3, 0.4) is 0 Å². The summed E-state index contributed by atoms with van der Waals surface area (Å²) in [4.78, 5) is 21.3. The van der Waals surface area contributed by atoms with Gasteiger partial charge in [-0.2, -0.15) is 0 Å². The van der Waals surface area contributed by atoms with E-state index < -0.39 is 4.92 Å². The van der Waals surface area contributed by atoms with Crippen molar-refractivity contribution in [3.63, 3.8) is 0 Å². The molecule has 2 aromatic rings. The maximum Gasteiger partial charge on any atom is 0.271 e. The van der Waals surface area contributed by atoms with Crippen molar-refractivity contribution < 1.29 is 14.5 Å². The molecule has 0 amide bonds. The quantitative estimate of drug-likeness (QED) is 0.367. The van der Waals surface area contributed by atoms with Crippen LogP contribution >= 0.6 is 43.5 Å². The number of nitro groups is 1. The number of carbonyl (C=O) groups is 1. The summed E-state index contributed by atoms with van der Waals surface area (Å²) in [6, 6.07) is 7.37. The predicted octanol–water partition coefficient (Wildman–Crippen LogP) is 5.38. The summed E-state index contributed by atoms with van der Waals surface area (Å²) in [6.07, 6.45) is 0.619. The summed E-state index contributed by atoms with van der Waals surface area (Å²) in [5.41, 5.74) is 0.176. The zero-order valence-corrected chi connectivity index (χ0v) is 14.1. The van der Waals surface area contributed by atoms with Crippen molar-refractivity contribution in [3.05, 3.63) is 60.0 Å². The van der Waals surface area contributed by atoms with E-state index in [-0.39, 0.29) is 27.8 Å². The Morgan fingerprint density at radius 2 is 1.81 bits per heavy atom. The molecule has 8 heteroatoms. The molecule has 0 radical (unpaired) electrons. The van der Waals surface area contributed by atoms with Crippen molar-refractivity contribution >= 4 is 55.4 Å². The van der Waals surface area contributed by atoms with Gasteiger partial charge in [0.2, 0.25) is 0 Å². The first-order chi connectivity index (χ1) is 9.93. The zero-order valence-electron chi connectivity index (χ0n) is 10.2. The van der Waals surface area contributed by atoms with Gasteiger partial charge in [0.15, 0.2) is 17.8 Å². The summed E-state index contributed by atoms with van der Waals surface area (Å²) in [6.45, 7) is 0. The number of rotatable bonds is 4. The second-order valence-electron chi connectivity index (χ2n) is 3.87. The molecule has 2 aromatic carbocycles. The molecule has 0 bridgehead atoms. The average Bonchev–Trinajstić information content (AvgIpc) is 2.43. The van der Waals surface area contributed by atoms with Crippen LogP contribution in [0.4, 0.5) is 5.69 Å². The number of ether oxygens (including phenoxy) is 1. The molecule has 0 fully saturated rings. The van der Waals surface area contributed by atoms with Gasteiger partial charge in [0.05, 0.1) is 24.5 Å². The molecule has 0 aromatic heterocycles. The number of para-hydroxylation sites is 1. The van der Waals surface area contributed by atoms with Crippen LogP contribution in [0, 0.1) is 10.1 Å². The highest BCUT2D eigenvalue weighted by molar-refractivity contribution is 9.11. The zero-order chi connectivity index (χ0) is 15.6. The standard InChI is InChI=1S/C13H6Br2ClNO4/c14-9-4-8(17(19)20)5-10(15)13(9)21-12-7(6-18)2-1-3-11(12)16/h1-6H. The van der Waals surface area contributed by atoms with Crippen LogP contribution < -0.4 is 4.74 Å². The highest BCUT2D eigenvalue weighted by Crippen LogP contribution is 2.42. The highest BCUT2D eigenvalue weighted by Gasteiger charge is 2.18. The molecule has 0 N–H and O–H groups in total. The lowest BCUT2D eigenvalue weighted by Crippen LogP contribution is -1.95. The van der Waals surface area contributed by atoms with Gasteiger partial charge in [-0.3, -0.25) is 14.9 Å². The van der Waals surface area contributed by atoms with Crippen molar-refractivity contribution in [2.24, 2.45) is 0 Å². The first-order valence-electron chi connectivity index (χ1n) is 5.49. The van der Waals surface area contributed by atoms with Crippen molar-refractivity contribution in [2.75, 3.05) is 0 Å². The summed E-state index contributed by atoms with van der Waals surface area (Å²) in [7, 11) is 0. The van der Waals surface area contributed by atoms with Crippen LogP contribution in [0.5, 0.6) is 11.5 Å². The Kier molecular flexibility index (Phi) is 4.97. The first-order valence-corrected chi connectivity index (χ1v) is 7.45. The molecule has 0 aliphatic heterocycles. The maximum atomic E-state index is 11.0. The average molecular weight is 435 g/mol. The lowest BCUT2D eigenvalue weighted by Gasteiger charge is -2.12. The van der Waals surface area contributed by atoms with Crippen molar-refractivity contribution in [1.82, 2.24) is 0 Å². The van der Waals surface area contributed by atoms with E-state index in [1.54, 1.807) is 18.2 Å². The van der Waals surface area contributed by atoms with E-state index in [4.69, 9.17) is 16.3 Å². The lowest BCUT2D eigenvalue weighted by atomic mass is 10.2. The molecule has 0 atom stereocenters. The van der Waals surface area contributed by atoms with Gasteiger partial charge in [-0.15, -0.1) is 0 Å². The Balaban J connectivity index is 2.50. The van der Waals surface area contributed by atoms with Crippen LogP contribution in [0.25, 0.3) is 0 Å². The third-order valence-electron chi connectivity index (χ3n) is 2.52. The van der Waals surface area contributed by atoms with Crippen molar-refractivity contribution in [3.8, 4) is 11.5 Å². The minimum Gasteiger partial charge on any atom is -0.453 e. The van der Waals surface area contributed by atoms with Crippen LogP contribution in [0.1, 0.15) is 10.4 Å². The lowest BCUT2D eigenvalue weighted by molar-refractivity contribution is -0.385. The fraction of sp³-hybridized carbons (Fsp3) is 0. The monoisotopic (exact) mass is 433 g/mol. The maximum absolute atomic E-state index is 11.0. The molecule has 0 aliphatic carbocycles. The minimum atomic E-state index is -0.522. The van der Waals surface area contributed by atoms with E-state index in [1.165, 1.54) is 12.1 Å². The summed E-state index contributed by atoms with van der Waals surface area (Å²) >= 11 is 12.4. The molecule has 2 rings (SSSR count). The molecule has 0 spiro atoms. The Morgan fingerprint density at radius 3 is 2.33 bits per heavy atom. The Morgan fingerprint density at radius 1 is 1.19 bits per heavy atom. The molecule has 0 aliphatic rings. The van der Waals surface area contributed by atoms with Crippen LogP contribution in [0.15, 0.2) is 39.3 Å². The van der Waals surface area contributed by atoms with E-state index >= 15 is 0 Å². The first kappa shape index (κ1) is 15.9. The number of halogens is 3. The van der Waals surface area contributed by atoms with Crippen molar-refractivity contribution in [2.45, 2.75) is 0 Å². The van der Waals surface area contributed by atoms with Crippen molar-refractivity contribution in [1.29, 1.82) is 0 Å². The molecule has 0 unspecified atom stereocenters. The molecule has 0 heterocycles. The van der Waals surface area contributed by atoms with Gasteiger partial charge in [0.1, 0.15) is 0 Å². The molecule has 5 nitrogen and oxygen atoms in total. The van der Waals surface area contributed by atoms with Crippen LogP contribution in [-0.2, 0) is 0 Å². The molecular formula is C13H6Br2ClNO4. The number of nitrogens with zero attached hydrogens (tertiary/aromatic N) is 1. The van der Waals surface area contributed by atoms with Gasteiger partial charge in [0, 0.05) is 12.1 Å². The van der Waals surface area contributed by atoms with E-state index in [2.05, 4.69) is 31.9 Å². The second kappa shape index (κ2) is 6.55. The number of hydrogen-bond donors (Lipinski definition) is 0. The summed E-state index contributed by atoms with van der Waals surface area (Å²) < 4.78 is 6.37. The number of hydrogen-bond acceptors (Lipinski definition) is 4. The number of benzene rings is 2. The fourth-order valence-electron chi connectivity index (χ4n) is 1.58. The van der Waals surface area contributed by atoms with E-state index in [0.717, 1.165) is 0 Å². The molecule has 0 saturated carbocycles. The fourth-order valence-corrected chi connectivity index (χ4v) is 3.12. The smallest absolute Gasteiger partial charge is 0.271 e. The van der Waals surface area contributed by atoms with Gasteiger partial charge in [0.25, 0.3) is 5.69 Å². The van der Waals surface area contributed by atoms with E-state index in [1.807, 2.05) is 0 Å². The van der Waals surface area contributed by atoms with Crippen LogP contribution in [-0.4, -0.2) is 11.2 Å². The van der Waals surface area contributed by atoms with E-state index in [9.17, 15) is 14.9 Å². The number of non-ortho nitro benzene ring substituents is 1. The SMILES string of the molecule is O=Cc1cccc(Cl)c1Oc1c(Br)cc([N+](=O)[O-])cc1Br. The van der Waals surface area contributed by atoms with Crippen LogP contribution in [0.2, 0.25) is 5.02 Å². The Labute approximate surface area is 141 Å². The molecule has 108 valence electrons. The van der Waals surface area contributed by atoms with Gasteiger partial charge in [-0.05, 0) is 44.0 Å². The number of aldehydes is 1. The largest absolute Gasteiger partial charge is 0.453 e. The molecular weight excluding hydrogens is 429 g/mol. The van der Waals surface area contributed by atoms with Gasteiger partial charge >= 0.3 is 0 Å². The predicted molar refractivity (Wildman–Crippen MR) is 85.4 cm³/mol. The van der Waals surface area contributed by atoms with E-state index in [0.29, 0.717) is 15.2 Å².